The third-order valence-corrected chi connectivity index (χ3v) is 4.76. The topological polar surface area (TPSA) is 45.8 Å². The van der Waals surface area contributed by atoms with Crippen molar-refractivity contribution in [1.29, 1.82) is 0 Å². The first-order chi connectivity index (χ1) is 10.8. The standard InChI is InChI=1S/C18H23NO3/c20-14-5-6-17-16(12-14)15(18(22-17)13-3-4-13)2-1-7-19-8-10-21-11-9-19/h5-6,12-13,20H,1-4,7-11H2. The molecule has 0 amide bonds. The van der Waals surface area contributed by atoms with Crippen LogP contribution in [0.3, 0.4) is 0 Å². The van der Waals surface area contributed by atoms with E-state index in [0.717, 1.165) is 56.7 Å². The number of aryl methyl sites for hydroxylation is 1. The number of furan rings is 1. The van der Waals surface area contributed by atoms with Gasteiger partial charge in [-0.3, -0.25) is 4.90 Å². The minimum atomic E-state index is 0.324. The fraction of sp³-hybridized carbons (Fsp3) is 0.556. The van der Waals surface area contributed by atoms with Gasteiger partial charge in [0.05, 0.1) is 13.2 Å². The molecule has 4 heteroatoms. The lowest BCUT2D eigenvalue weighted by atomic mass is 10.0. The zero-order valence-corrected chi connectivity index (χ0v) is 12.9. The van der Waals surface area contributed by atoms with Crippen LogP contribution in [0.15, 0.2) is 22.6 Å². The number of hydrogen-bond donors (Lipinski definition) is 1. The molecule has 1 aromatic carbocycles. The molecule has 4 rings (SSSR count). The maximum Gasteiger partial charge on any atom is 0.134 e. The van der Waals surface area contributed by atoms with Crippen molar-refractivity contribution in [3.8, 4) is 5.75 Å². The molecule has 0 atom stereocenters. The van der Waals surface area contributed by atoms with Gasteiger partial charge in [0.1, 0.15) is 17.1 Å². The van der Waals surface area contributed by atoms with Gasteiger partial charge < -0.3 is 14.3 Å². The fourth-order valence-corrected chi connectivity index (χ4v) is 3.39. The Labute approximate surface area is 130 Å². The van der Waals surface area contributed by atoms with Gasteiger partial charge in [0.2, 0.25) is 0 Å². The SMILES string of the molecule is Oc1ccc2oc(C3CC3)c(CCCN3CCOCC3)c2c1. The Morgan fingerprint density at radius 2 is 2.00 bits per heavy atom. The van der Waals surface area contributed by atoms with Crippen LogP contribution in [0.4, 0.5) is 0 Å². The molecule has 4 nitrogen and oxygen atoms in total. The van der Waals surface area contributed by atoms with Gasteiger partial charge in [-0.2, -0.15) is 0 Å². The highest BCUT2D eigenvalue weighted by atomic mass is 16.5. The summed E-state index contributed by atoms with van der Waals surface area (Å²) in [5.41, 5.74) is 2.24. The molecule has 1 aliphatic heterocycles. The molecule has 0 bridgehead atoms. The zero-order valence-electron chi connectivity index (χ0n) is 12.9. The van der Waals surface area contributed by atoms with Crippen molar-refractivity contribution in [1.82, 2.24) is 4.90 Å². The zero-order chi connectivity index (χ0) is 14.9. The monoisotopic (exact) mass is 301 g/mol. The maximum atomic E-state index is 9.78. The Morgan fingerprint density at radius 3 is 2.77 bits per heavy atom. The van der Waals surface area contributed by atoms with E-state index < -0.39 is 0 Å². The van der Waals surface area contributed by atoms with Crippen molar-refractivity contribution >= 4 is 11.0 Å². The van der Waals surface area contributed by atoms with Crippen molar-refractivity contribution < 1.29 is 14.3 Å². The second-order valence-corrected chi connectivity index (χ2v) is 6.46. The molecule has 2 aromatic rings. The van der Waals surface area contributed by atoms with E-state index in [1.54, 1.807) is 6.07 Å². The van der Waals surface area contributed by atoms with Gasteiger partial charge in [0.15, 0.2) is 0 Å². The number of hydrogen-bond acceptors (Lipinski definition) is 4. The smallest absolute Gasteiger partial charge is 0.134 e. The lowest BCUT2D eigenvalue weighted by Crippen LogP contribution is -2.36. The molecular weight excluding hydrogens is 278 g/mol. The van der Waals surface area contributed by atoms with E-state index in [0.29, 0.717) is 11.7 Å². The largest absolute Gasteiger partial charge is 0.508 e. The molecule has 1 saturated carbocycles. The van der Waals surface area contributed by atoms with E-state index in [1.807, 2.05) is 12.1 Å². The average molecular weight is 301 g/mol. The highest BCUT2D eigenvalue weighted by Crippen LogP contribution is 2.45. The number of morpholine rings is 1. The molecule has 22 heavy (non-hydrogen) atoms. The quantitative estimate of drug-likeness (QED) is 0.920. The van der Waals surface area contributed by atoms with Gasteiger partial charge in [0.25, 0.3) is 0 Å². The van der Waals surface area contributed by atoms with Crippen LogP contribution in [-0.2, 0) is 11.2 Å². The van der Waals surface area contributed by atoms with E-state index in [4.69, 9.17) is 9.15 Å². The average Bonchev–Trinajstić information content (AvgIpc) is 3.32. The van der Waals surface area contributed by atoms with Crippen LogP contribution < -0.4 is 0 Å². The molecule has 2 aliphatic rings. The molecule has 2 fully saturated rings. The predicted octanol–water partition coefficient (Wildman–Crippen LogP) is 3.28. The Hall–Kier alpha value is -1.52. The third-order valence-electron chi connectivity index (χ3n) is 4.76. The lowest BCUT2D eigenvalue weighted by Gasteiger charge is -2.26. The summed E-state index contributed by atoms with van der Waals surface area (Å²) in [6.07, 6.45) is 4.63. The van der Waals surface area contributed by atoms with E-state index >= 15 is 0 Å². The Balaban J connectivity index is 1.51. The van der Waals surface area contributed by atoms with Crippen LogP contribution in [-0.4, -0.2) is 42.9 Å². The Morgan fingerprint density at radius 1 is 1.18 bits per heavy atom. The summed E-state index contributed by atoms with van der Waals surface area (Å²) in [6.45, 7) is 4.91. The second kappa shape index (κ2) is 5.94. The molecule has 1 saturated heterocycles. The summed E-state index contributed by atoms with van der Waals surface area (Å²) in [5.74, 6) is 2.10. The van der Waals surface area contributed by atoms with Gasteiger partial charge in [-0.1, -0.05) is 0 Å². The van der Waals surface area contributed by atoms with Crippen LogP contribution in [0.25, 0.3) is 11.0 Å². The van der Waals surface area contributed by atoms with Crippen LogP contribution in [0.1, 0.15) is 36.5 Å². The molecule has 1 N–H and O–H groups in total. The maximum absolute atomic E-state index is 9.78. The van der Waals surface area contributed by atoms with Gasteiger partial charge >= 0.3 is 0 Å². The highest BCUT2D eigenvalue weighted by molar-refractivity contribution is 5.84. The van der Waals surface area contributed by atoms with Crippen LogP contribution in [0.5, 0.6) is 5.75 Å². The normalized spacial score (nSPS) is 19.8. The highest BCUT2D eigenvalue weighted by Gasteiger charge is 2.31. The summed E-state index contributed by atoms with van der Waals surface area (Å²) in [4.78, 5) is 2.47. The molecule has 0 radical (unpaired) electrons. The van der Waals surface area contributed by atoms with Crippen LogP contribution in [0, 0.1) is 0 Å². The lowest BCUT2D eigenvalue weighted by molar-refractivity contribution is 0.0374. The third kappa shape index (κ3) is 2.85. The molecule has 2 heterocycles. The number of aromatic hydroxyl groups is 1. The molecule has 1 aliphatic carbocycles. The number of phenols is 1. The van der Waals surface area contributed by atoms with E-state index in [2.05, 4.69) is 4.90 Å². The molecule has 0 spiro atoms. The number of ether oxygens (including phenoxy) is 1. The molecule has 0 unspecified atom stereocenters. The number of nitrogens with zero attached hydrogens (tertiary/aromatic N) is 1. The van der Waals surface area contributed by atoms with E-state index in [1.165, 1.54) is 24.2 Å². The van der Waals surface area contributed by atoms with Gasteiger partial charge in [-0.05, 0) is 50.4 Å². The number of phenolic OH excluding ortho intramolecular Hbond substituents is 1. The van der Waals surface area contributed by atoms with Gasteiger partial charge in [-0.15, -0.1) is 0 Å². The molecule has 1 aromatic heterocycles. The van der Waals surface area contributed by atoms with Crippen LogP contribution in [0.2, 0.25) is 0 Å². The predicted molar refractivity (Wildman–Crippen MR) is 85.4 cm³/mol. The van der Waals surface area contributed by atoms with Crippen molar-refractivity contribution in [2.75, 3.05) is 32.8 Å². The first kappa shape index (κ1) is 14.1. The first-order valence-electron chi connectivity index (χ1n) is 8.35. The number of fused-ring (bicyclic) bond motifs is 1. The van der Waals surface area contributed by atoms with Crippen molar-refractivity contribution in [3.63, 3.8) is 0 Å². The fourth-order valence-electron chi connectivity index (χ4n) is 3.39. The number of benzene rings is 1. The Kier molecular flexibility index (Phi) is 3.80. The molecule has 118 valence electrons. The minimum absolute atomic E-state index is 0.324. The Bertz CT molecular complexity index is 654. The summed E-state index contributed by atoms with van der Waals surface area (Å²) in [5, 5.41) is 10.9. The summed E-state index contributed by atoms with van der Waals surface area (Å²) in [7, 11) is 0. The van der Waals surface area contributed by atoms with E-state index in [9.17, 15) is 5.11 Å². The van der Waals surface area contributed by atoms with Crippen molar-refractivity contribution in [2.24, 2.45) is 0 Å². The number of rotatable bonds is 5. The van der Waals surface area contributed by atoms with Crippen LogP contribution >= 0.6 is 0 Å². The van der Waals surface area contributed by atoms with Crippen molar-refractivity contribution in [2.45, 2.75) is 31.6 Å². The van der Waals surface area contributed by atoms with E-state index in [-0.39, 0.29) is 0 Å². The second-order valence-electron chi connectivity index (χ2n) is 6.46. The summed E-state index contributed by atoms with van der Waals surface area (Å²) in [6, 6.07) is 5.46. The first-order valence-corrected chi connectivity index (χ1v) is 8.35. The molecular formula is C18H23NO3. The van der Waals surface area contributed by atoms with Gasteiger partial charge in [0, 0.05) is 30.0 Å². The summed E-state index contributed by atoms with van der Waals surface area (Å²) >= 11 is 0. The van der Waals surface area contributed by atoms with Crippen molar-refractivity contribution in [3.05, 3.63) is 29.5 Å². The van der Waals surface area contributed by atoms with Gasteiger partial charge in [-0.25, -0.2) is 0 Å². The minimum Gasteiger partial charge on any atom is -0.508 e. The summed E-state index contributed by atoms with van der Waals surface area (Å²) < 4.78 is 11.5.